The Hall–Kier alpha value is -1.79. The fraction of sp³-hybridized carbons (Fsp3) is 0.467. The molecule has 114 valence electrons. The molecule has 0 amide bonds. The molecule has 0 aliphatic carbocycles. The first-order chi connectivity index (χ1) is 10.0. The van der Waals surface area contributed by atoms with Crippen LogP contribution in [0.2, 0.25) is 0 Å². The Bertz CT molecular complexity index is 595. The number of aromatic nitrogens is 2. The van der Waals surface area contributed by atoms with Crippen LogP contribution in [0.1, 0.15) is 31.3 Å². The molecule has 2 rings (SSSR count). The molecule has 2 N–H and O–H groups in total. The SMILES string of the molecule is CCN(CC)CC(N)c1noc(-c2ccc(F)cc2C)n1. The van der Waals surface area contributed by atoms with Gasteiger partial charge in [-0.1, -0.05) is 19.0 Å². The van der Waals surface area contributed by atoms with Gasteiger partial charge in [-0.15, -0.1) is 0 Å². The Morgan fingerprint density at radius 1 is 1.33 bits per heavy atom. The van der Waals surface area contributed by atoms with Crippen LogP contribution in [0.5, 0.6) is 0 Å². The first-order valence-electron chi connectivity index (χ1n) is 7.13. The summed E-state index contributed by atoms with van der Waals surface area (Å²) in [6.45, 7) is 8.49. The topological polar surface area (TPSA) is 68.2 Å². The van der Waals surface area contributed by atoms with E-state index in [-0.39, 0.29) is 11.9 Å². The largest absolute Gasteiger partial charge is 0.334 e. The molecule has 0 fully saturated rings. The predicted molar refractivity (Wildman–Crippen MR) is 79.1 cm³/mol. The Morgan fingerprint density at radius 2 is 2.05 bits per heavy atom. The summed E-state index contributed by atoms with van der Waals surface area (Å²) in [5.41, 5.74) is 7.59. The summed E-state index contributed by atoms with van der Waals surface area (Å²) >= 11 is 0. The van der Waals surface area contributed by atoms with Gasteiger partial charge in [-0.25, -0.2) is 4.39 Å². The summed E-state index contributed by atoms with van der Waals surface area (Å²) in [6, 6.07) is 4.15. The van der Waals surface area contributed by atoms with E-state index in [9.17, 15) is 4.39 Å². The fourth-order valence-electron chi connectivity index (χ4n) is 2.20. The summed E-state index contributed by atoms with van der Waals surface area (Å²) in [4.78, 5) is 6.54. The van der Waals surface area contributed by atoms with Gasteiger partial charge in [0.15, 0.2) is 5.82 Å². The minimum atomic E-state index is -0.303. The number of rotatable bonds is 6. The quantitative estimate of drug-likeness (QED) is 0.886. The van der Waals surface area contributed by atoms with Gasteiger partial charge in [0, 0.05) is 12.1 Å². The van der Waals surface area contributed by atoms with Crippen molar-refractivity contribution in [2.45, 2.75) is 26.8 Å². The van der Waals surface area contributed by atoms with E-state index in [2.05, 4.69) is 28.9 Å². The maximum atomic E-state index is 13.1. The molecule has 0 radical (unpaired) electrons. The average molecular weight is 292 g/mol. The smallest absolute Gasteiger partial charge is 0.258 e. The van der Waals surface area contributed by atoms with Gasteiger partial charge < -0.3 is 15.2 Å². The molecule has 0 bridgehead atoms. The fourth-order valence-corrected chi connectivity index (χ4v) is 2.20. The third-order valence-corrected chi connectivity index (χ3v) is 3.54. The maximum absolute atomic E-state index is 13.1. The summed E-state index contributed by atoms with van der Waals surface area (Å²) in [6.07, 6.45) is 0. The van der Waals surface area contributed by atoms with Gasteiger partial charge in [-0.3, -0.25) is 0 Å². The van der Waals surface area contributed by atoms with E-state index in [0.29, 0.717) is 18.3 Å². The molecule has 0 saturated carbocycles. The highest BCUT2D eigenvalue weighted by Gasteiger charge is 2.18. The van der Waals surface area contributed by atoms with Crippen molar-refractivity contribution < 1.29 is 8.91 Å². The van der Waals surface area contributed by atoms with Crippen LogP contribution >= 0.6 is 0 Å². The zero-order valence-corrected chi connectivity index (χ0v) is 12.6. The molecule has 1 unspecified atom stereocenters. The van der Waals surface area contributed by atoms with Crippen molar-refractivity contribution in [3.63, 3.8) is 0 Å². The van der Waals surface area contributed by atoms with Crippen molar-refractivity contribution in [3.8, 4) is 11.5 Å². The summed E-state index contributed by atoms with van der Waals surface area (Å²) in [7, 11) is 0. The molecular formula is C15H21FN4O. The first kappa shape index (κ1) is 15.6. The number of hydrogen-bond donors (Lipinski definition) is 1. The van der Waals surface area contributed by atoms with E-state index in [1.54, 1.807) is 13.0 Å². The second-order valence-corrected chi connectivity index (χ2v) is 5.01. The second kappa shape index (κ2) is 6.78. The number of halogens is 1. The van der Waals surface area contributed by atoms with Gasteiger partial charge in [0.25, 0.3) is 5.89 Å². The van der Waals surface area contributed by atoms with Gasteiger partial charge in [-0.2, -0.15) is 4.98 Å². The molecule has 1 atom stereocenters. The van der Waals surface area contributed by atoms with Gasteiger partial charge in [0.2, 0.25) is 0 Å². The van der Waals surface area contributed by atoms with Crippen molar-refractivity contribution >= 4 is 0 Å². The molecule has 2 aromatic rings. The highest BCUT2D eigenvalue weighted by atomic mass is 19.1. The van der Waals surface area contributed by atoms with Crippen molar-refractivity contribution in [2.75, 3.05) is 19.6 Å². The Morgan fingerprint density at radius 3 is 2.67 bits per heavy atom. The van der Waals surface area contributed by atoms with E-state index in [4.69, 9.17) is 10.3 Å². The number of nitrogens with zero attached hydrogens (tertiary/aromatic N) is 3. The Kier molecular flexibility index (Phi) is 5.03. The molecule has 0 aliphatic heterocycles. The van der Waals surface area contributed by atoms with Crippen LogP contribution in [0.25, 0.3) is 11.5 Å². The van der Waals surface area contributed by atoms with Crippen LogP contribution in [0.15, 0.2) is 22.7 Å². The van der Waals surface area contributed by atoms with Crippen LogP contribution in [0.4, 0.5) is 4.39 Å². The van der Waals surface area contributed by atoms with Gasteiger partial charge in [0.1, 0.15) is 5.82 Å². The van der Waals surface area contributed by atoms with Crippen LogP contribution in [-0.4, -0.2) is 34.7 Å². The first-order valence-corrected chi connectivity index (χ1v) is 7.13. The highest BCUT2D eigenvalue weighted by molar-refractivity contribution is 5.57. The number of hydrogen-bond acceptors (Lipinski definition) is 5. The maximum Gasteiger partial charge on any atom is 0.258 e. The van der Waals surface area contributed by atoms with E-state index in [0.717, 1.165) is 24.2 Å². The lowest BCUT2D eigenvalue weighted by Crippen LogP contribution is -2.32. The molecular weight excluding hydrogens is 271 g/mol. The lowest BCUT2D eigenvalue weighted by Gasteiger charge is -2.20. The van der Waals surface area contributed by atoms with Gasteiger partial charge in [-0.05, 0) is 43.8 Å². The molecule has 0 saturated heterocycles. The second-order valence-electron chi connectivity index (χ2n) is 5.01. The zero-order valence-electron chi connectivity index (χ0n) is 12.6. The molecule has 1 aromatic carbocycles. The van der Waals surface area contributed by atoms with Crippen LogP contribution in [0, 0.1) is 12.7 Å². The third-order valence-electron chi connectivity index (χ3n) is 3.54. The minimum absolute atomic E-state index is 0.283. The van der Waals surface area contributed by atoms with Crippen LogP contribution in [-0.2, 0) is 0 Å². The number of nitrogens with two attached hydrogens (primary N) is 1. The number of benzene rings is 1. The average Bonchev–Trinajstić information content (AvgIpc) is 2.94. The molecule has 21 heavy (non-hydrogen) atoms. The van der Waals surface area contributed by atoms with E-state index >= 15 is 0 Å². The molecule has 1 aromatic heterocycles. The van der Waals surface area contributed by atoms with E-state index in [1.807, 2.05) is 0 Å². The Labute approximate surface area is 123 Å². The zero-order chi connectivity index (χ0) is 15.4. The number of likely N-dealkylation sites (N-methyl/N-ethyl adjacent to an activating group) is 1. The van der Waals surface area contributed by atoms with Crippen molar-refractivity contribution in [3.05, 3.63) is 35.4 Å². The summed E-state index contributed by atoms with van der Waals surface area (Å²) in [5, 5.41) is 3.95. The normalized spacial score (nSPS) is 12.9. The van der Waals surface area contributed by atoms with Crippen molar-refractivity contribution in [2.24, 2.45) is 5.73 Å². The Balaban J connectivity index is 2.17. The van der Waals surface area contributed by atoms with E-state index < -0.39 is 0 Å². The minimum Gasteiger partial charge on any atom is -0.334 e. The standard InChI is InChI=1S/C15H21FN4O/c1-4-20(5-2)9-13(17)14-18-15(21-19-14)12-7-6-11(16)8-10(12)3/h6-8,13H,4-5,9,17H2,1-3H3. The molecule has 0 aliphatic rings. The summed E-state index contributed by atoms with van der Waals surface area (Å²) < 4.78 is 18.4. The van der Waals surface area contributed by atoms with Gasteiger partial charge >= 0.3 is 0 Å². The molecule has 6 heteroatoms. The lowest BCUT2D eigenvalue weighted by atomic mass is 10.1. The predicted octanol–water partition coefficient (Wildman–Crippen LogP) is 2.53. The van der Waals surface area contributed by atoms with E-state index in [1.165, 1.54) is 12.1 Å². The molecule has 1 heterocycles. The van der Waals surface area contributed by atoms with Crippen molar-refractivity contribution in [1.82, 2.24) is 15.0 Å². The van der Waals surface area contributed by atoms with Crippen LogP contribution < -0.4 is 5.73 Å². The van der Waals surface area contributed by atoms with Crippen LogP contribution in [0.3, 0.4) is 0 Å². The molecule has 0 spiro atoms. The third kappa shape index (κ3) is 3.65. The molecule has 5 nitrogen and oxygen atoms in total. The highest BCUT2D eigenvalue weighted by Crippen LogP contribution is 2.23. The van der Waals surface area contributed by atoms with Crippen molar-refractivity contribution in [1.29, 1.82) is 0 Å². The monoisotopic (exact) mass is 292 g/mol. The summed E-state index contributed by atoms with van der Waals surface area (Å²) in [5.74, 6) is 0.562. The number of aryl methyl sites for hydroxylation is 1. The van der Waals surface area contributed by atoms with Gasteiger partial charge in [0.05, 0.1) is 6.04 Å². The lowest BCUT2D eigenvalue weighted by molar-refractivity contribution is 0.278.